The zero-order chi connectivity index (χ0) is 8.27. The molecule has 0 bridgehead atoms. The minimum atomic E-state index is 0.545. The van der Waals surface area contributed by atoms with Crippen LogP contribution in [0.3, 0.4) is 0 Å². The molecule has 0 saturated heterocycles. The molecule has 3 heteroatoms. The van der Waals surface area contributed by atoms with E-state index in [1.54, 1.807) is 18.2 Å². The second kappa shape index (κ2) is 3.11. The van der Waals surface area contributed by atoms with Crippen molar-refractivity contribution < 1.29 is 4.74 Å². The fraction of sp³-hybridized carbons (Fsp3) is 0.125. The molecule has 0 aliphatic rings. The number of methoxy groups -OCH3 is 1. The highest BCUT2D eigenvalue weighted by Gasteiger charge is 1.97. The lowest BCUT2D eigenvalue weighted by molar-refractivity contribution is 0.418. The average molecular weight is 143 g/mol. The Kier molecular flexibility index (Phi) is 2.17. The molecule has 1 aromatic carbocycles. The van der Waals surface area contributed by atoms with Gasteiger partial charge in [0.15, 0.2) is 0 Å². The lowest BCUT2D eigenvalue weighted by Gasteiger charge is -2.03. The summed E-state index contributed by atoms with van der Waals surface area (Å²) in [7, 11) is 7.04. The molecule has 0 N–H and O–H groups in total. The van der Waals surface area contributed by atoms with Crippen LogP contribution in [-0.2, 0) is 0 Å². The van der Waals surface area contributed by atoms with Crippen LogP contribution >= 0.6 is 0 Å². The molecular formula is C8H6BNO. The Labute approximate surface area is 66.8 Å². The SMILES string of the molecule is [B]c1ccc(C#N)cc1OC. The summed E-state index contributed by atoms with van der Waals surface area (Å²) in [5.74, 6) is 0.545. The molecule has 2 nitrogen and oxygen atoms in total. The summed E-state index contributed by atoms with van der Waals surface area (Å²) in [6.07, 6.45) is 0. The first-order valence-corrected chi connectivity index (χ1v) is 3.11. The van der Waals surface area contributed by atoms with E-state index >= 15 is 0 Å². The number of nitrogens with zero attached hydrogens (tertiary/aromatic N) is 1. The van der Waals surface area contributed by atoms with Gasteiger partial charge in [-0.3, -0.25) is 0 Å². The van der Waals surface area contributed by atoms with E-state index in [-0.39, 0.29) is 0 Å². The predicted molar refractivity (Wildman–Crippen MR) is 43.1 cm³/mol. The molecule has 2 radical (unpaired) electrons. The summed E-state index contributed by atoms with van der Waals surface area (Å²) in [6, 6.07) is 6.90. The smallest absolute Gasteiger partial charge is 0.119 e. The molecule has 52 valence electrons. The predicted octanol–water partition coefficient (Wildman–Crippen LogP) is 0.361. The average Bonchev–Trinajstić information content (AvgIpc) is 2.05. The van der Waals surface area contributed by atoms with Crippen molar-refractivity contribution in [3.63, 3.8) is 0 Å². The van der Waals surface area contributed by atoms with Gasteiger partial charge in [0.2, 0.25) is 0 Å². The maximum atomic E-state index is 8.50. The fourth-order valence-electron chi connectivity index (χ4n) is 0.781. The number of nitriles is 1. The fourth-order valence-corrected chi connectivity index (χ4v) is 0.781. The van der Waals surface area contributed by atoms with Gasteiger partial charge >= 0.3 is 0 Å². The van der Waals surface area contributed by atoms with E-state index in [0.717, 1.165) is 0 Å². The number of hydrogen-bond donors (Lipinski definition) is 0. The summed E-state index contributed by atoms with van der Waals surface area (Å²) in [4.78, 5) is 0. The first kappa shape index (κ1) is 7.68. The maximum absolute atomic E-state index is 8.50. The Bertz CT molecular complexity index is 303. The molecule has 11 heavy (non-hydrogen) atoms. The Hall–Kier alpha value is -1.43. The summed E-state index contributed by atoms with van der Waals surface area (Å²) in [5, 5.41) is 8.50. The molecule has 0 aromatic heterocycles. The van der Waals surface area contributed by atoms with Crippen LogP contribution in [0.1, 0.15) is 5.56 Å². The van der Waals surface area contributed by atoms with Crippen LogP contribution in [-0.4, -0.2) is 15.0 Å². The normalized spacial score (nSPS) is 8.73. The first-order valence-electron chi connectivity index (χ1n) is 3.11. The Morgan fingerprint density at radius 1 is 1.55 bits per heavy atom. The third-order valence-electron chi connectivity index (χ3n) is 1.36. The van der Waals surface area contributed by atoms with Crippen molar-refractivity contribution in [3.8, 4) is 11.8 Å². The topological polar surface area (TPSA) is 33.0 Å². The summed E-state index contributed by atoms with van der Waals surface area (Å²) >= 11 is 0. The number of ether oxygens (including phenoxy) is 1. The lowest BCUT2D eigenvalue weighted by atomic mass is 9.94. The van der Waals surface area contributed by atoms with E-state index in [1.165, 1.54) is 7.11 Å². The molecule has 0 amide bonds. The molecule has 1 rings (SSSR count). The number of benzene rings is 1. The second-order valence-corrected chi connectivity index (χ2v) is 2.07. The van der Waals surface area contributed by atoms with Crippen LogP contribution in [0.2, 0.25) is 0 Å². The van der Waals surface area contributed by atoms with Crippen molar-refractivity contribution in [2.45, 2.75) is 0 Å². The van der Waals surface area contributed by atoms with Gasteiger partial charge in [0.25, 0.3) is 0 Å². The van der Waals surface area contributed by atoms with E-state index < -0.39 is 0 Å². The quantitative estimate of drug-likeness (QED) is 0.531. The molecule has 0 atom stereocenters. The van der Waals surface area contributed by atoms with Gasteiger partial charge in [0.1, 0.15) is 13.6 Å². The van der Waals surface area contributed by atoms with Crippen molar-refractivity contribution in [2.75, 3.05) is 7.11 Å². The molecule has 0 saturated carbocycles. The molecule has 0 aliphatic carbocycles. The van der Waals surface area contributed by atoms with E-state index in [1.807, 2.05) is 6.07 Å². The van der Waals surface area contributed by atoms with Crippen LogP contribution in [0.5, 0.6) is 5.75 Å². The van der Waals surface area contributed by atoms with Crippen LogP contribution in [0, 0.1) is 11.3 Å². The molecule has 0 aliphatic heterocycles. The van der Waals surface area contributed by atoms with Crippen LogP contribution in [0.25, 0.3) is 0 Å². The van der Waals surface area contributed by atoms with Crippen LogP contribution < -0.4 is 10.2 Å². The highest BCUT2D eigenvalue weighted by molar-refractivity contribution is 6.34. The Morgan fingerprint density at radius 2 is 2.27 bits per heavy atom. The minimum absolute atomic E-state index is 0.545. The van der Waals surface area contributed by atoms with Crippen LogP contribution in [0.15, 0.2) is 18.2 Å². The molecule has 0 heterocycles. The van der Waals surface area contributed by atoms with Crippen molar-refractivity contribution >= 4 is 13.3 Å². The zero-order valence-electron chi connectivity index (χ0n) is 6.16. The van der Waals surface area contributed by atoms with E-state index in [9.17, 15) is 0 Å². The highest BCUT2D eigenvalue weighted by Crippen LogP contribution is 2.07. The minimum Gasteiger partial charge on any atom is -0.497 e. The Morgan fingerprint density at radius 3 is 2.82 bits per heavy atom. The molecule has 0 unspecified atom stereocenters. The third-order valence-corrected chi connectivity index (χ3v) is 1.36. The van der Waals surface area contributed by atoms with Gasteiger partial charge in [-0.1, -0.05) is 11.5 Å². The second-order valence-electron chi connectivity index (χ2n) is 2.07. The van der Waals surface area contributed by atoms with Crippen molar-refractivity contribution in [2.24, 2.45) is 0 Å². The third kappa shape index (κ3) is 1.53. The Balaban J connectivity index is 3.15. The van der Waals surface area contributed by atoms with Gasteiger partial charge in [0, 0.05) is 0 Å². The summed E-state index contributed by atoms with van der Waals surface area (Å²) in [5.41, 5.74) is 1.10. The van der Waals surface area contributed by atoms with Gasteiger partial charge in [-0.05, 0) is 12.1 Å². The maximum Gasteiger partial charge on any atom is 0.119 e. The zero-order valence-corrected chi connectivity index (χ0v) is 6.16. The molecular weight excluding hydrogens is 137 g/mol. The van der Waals surface area contributed by atoms with Gasteiger partial charge in [0.05, 0.1) is 18.7 Å². The highest BCUT2D eigenvalue weighted by atomic mass is 16.5. The van der Waals surface area contributed by atoms with Gasteiger partial charge < -0.3 is 4.74 Å². The largest absolute Gasteiger partial charge is 0.497 e. The molecule has 0 fully saturated rings. The molecule has 0 spiro atoms. The molecule has 1 aromatic rings. The monoisotopic (exact) mass is 143 g/mol. The summed E-state index contributed by atoms with van der Waals surface area (Å²) < 4.78 is 4.91. The van der Waals surface area contributed by atoms with E-state index in [2.05, 4.69) is 0 Å². The first-order chi connectivity index (χ1) is 5.27. The van der Waals surface area contributed by atoms with E-state index in [4.69, 9.17) is 17.8 Å². The standard InChI is InChI=1S/C8H6BNO/c1-11-8-4-6(5-10)2-3-7(8)9/h2-4H,1H3. The number of rotatable bonds is 1. The number of hydrogen-bond acceptors (Lipinski definition) is 2. The lowest BCUT2D eigenvalue weighted by Crippen LogP contribution is -2.06. The van der Waals surface area contributed by atoms with E-state index in [0.29, 0.717) is 16.8 Å². The summed E-state index contributed by atoms with van der Waals surface area (Å²) in [6.45, 7) is 0. The van der Waals surface area contributed by atoms with Crippen LogP contribution in [0.4, 0.5) is 0 Å². The van der Waals surface area contributed by atoms with Crippen molar-refractivity contribution in [1.82, 2.24) is 0 Å². The van der Waals surface area contributed by atoms with Crippen molar-refractivity contribution in [1.29, 1.82) is 5.26 Å². The van der Waals surface area contributed by atoms with Crippen molar-refractivity contribution in [3.05, 3.63) is 23.8 Å². The van der Waals surface area contributed by atoms with Gasteiger partial charge in [-0.25, -0.2) is 0 Å². The van der Waals surface area contributed by atoms with Gasteiger partial charge in [-0.15, -0.1) is 0 Å². The van der Waals surface area contributed by atoms with Gasteiger partial charge in [-0.2, -0.15) is 5.26 Å².